The monoisotopic (exact) mass is 418 g/mol. The van der Waals surface area contributed by atoms with E-state index in [2.05, 4.69) is 9.62 Å². The molecule has 1 unspecified atom stereocenters. The number of alkyl halides is 3. The Balaban J connectivity index is 1.68. The molecule has 0 radical (unpaired) electrons. The molecule has 148 valence electrons. The van der Waals surface area contributed by atoms with Crippen molar-refractivity contribution in [1.29, 1.82) is 0 Å². The van der Waals surface area contributed by atoms with E-state index in [1.807, 2.05) is 17.5 Å². The van der Waals surface area contributed by atoms with Crippen LogP contribution in [0.15, 0.2) is 41.8 Å². The molecule has 1 fully saturated rings. The molecule has 1 aliphatic rings. The van der Waals surface area contributed by atoms with E-state index in [1.54, 1.807) is 11.3 Å². The summed E-state index contributed by atoms with van der Waals surface area (Å²) in [6.07, 6.45) is -2.33. The minimum atomic E-state index is -4.49. The lowest BCUT2D eigenvalue weighted by Gasteiger charge is -2.26. The Morgan fingerprint density at radius 1 is 1.15 bits per heavy atom. The molecule has 1 N–H and O–H groups in total. The summed E-state index contributed by atoms with van der Waals surface area (Å²) in [4.78, 5) is 3.33. The quantitative estimate of drug-likeness (QED) is 0.739. The average molecular weight is 419 g/mol. The van der Waals surface area contributed by atoms with Gasteiger partial charge in [0.15, 0.2) is 0 Å². The Morgan fingerprint density at radius 3 is 2.52 bits per heavy atom. The number of halogens is 3. The van der Waals surface area contributed by atoms with Crippen molar-refractivity contribution in [2.45, 2.75) is 30.8 Å². The summed E-state index contributed by atoms with van der Waals surface area (Å²) >= 11 is 1.58. The number of rotatable bonds is 7. The molecule has 1 saturated heterocycles. The van der Waals surface area contributed by atoms with Crippen LogP contribution in [0, 0.1) is 0 Å². The second-order valence-electron chi connectivity index (χ2n) is 6.58. The van der Waals surface area contributed by atoms with Gasteiger partial charge in [-0.25, -0.2) is 13.1 Å². The van der Waals surface area contributed by atoms with Crippen molar-refractivity contribution in [3.63, 3.8) is 0 Å². The summed E-state index contributed by atoms with van der Waals surface area (Å²) in [6.45, 7) is 2.04. The second-order valence-corrected chi connectivity index (χ2v) is 9.37. The summed E-state index contributed by atoms with van der Waals surface area (Å²) in [6, 6.07) is 8.30. The lowest BCUT2D eigenvalue weighted by Crippen LogP contribution is -2.36. The van der Waals surface area contributed by atoms with Crippen LogP contribution in [0.1, 0.15) is 34.9 Å². The van der Waals surface area contributed by atoms with Crippen molar-refractivity contribution in [1.82, 2.24) is 9.62 Å². The van der Waals surface area contributed by atoms with Crippen molar-refractivity contribution < 1.29 is 21.6 Å². The molecule has 0 bridgehead atoms. The van der Waals surface area contributed by atoms with E-state index in [9.17, 15) is 21.6 Å². The smallest absolute Gasteiger partial charge is 0.294 e. The van der Waals surface area contributed by atoms with Crippen LogP contribution in [0.3, 0.4) is 0 Å². The molecule has 0 aliphatic carbocycles. The first-order chi connectivity index (χ1) is 12.7. The van der Waals surface area contributed by atoms with Gasteiger partial charge in [-0.05, 0) is 49.0 Å². The number of hydrogen-bond acceptors (Lipinski definition) is 4. The molecular formula is C18H21F3N2O2S2. The van der Waals surface area contributed by atoms with E-state index < -0.39 is 27.5 Å². The highest BCUT2D eigenvalue weighted by molar-refractivity contribution is 7.88. The van der Waals surface area contributed by atoms with Gasteiger partial charge in [0.05, 0.1) is 17.4 Å². The Hall–Kier alpha value is -1.42. The van der Waals surface area contributed by atoms with Gasteiger partial charge in [0.2, 0.25) is 10.0 Å². The van der Waals surface area contributed by atoms with Gasteiger partial charge in [0, 0.05) is 11.4 Å². The Bertz CT molecular complexity index is 846. The average Bonchev–Trinajstić information content (AvgIpc) is 3.28. The van der Waals surface area contributed by atoms with Crippen molar-refractivity contribution in [2.75, 3.05) is 19.6 Å². The van der Waals surface area contributed by atoms with Crippen LogP contribution < -0.4 is 4.72 Å². The largest absolute Gasteiger partial charge is 0.416 e. The molecule has 1 aromatic heterocycles. The number of likely N-dealkylation sites (tertiary alicyclic amines) is 1. The summed E-state index contributed by atoms with van der Waals surface area (Å²) in [5.74, 6) is -0.478. The minimum absolute atomic E-state index is 0.0521. The number of sulfonamides is 1. The van der Waals surface area contributed by atoms with E-state index in [0.29, 0.717) is 0 Å². The second kappa shape index (κ2) is 8.30. The van der Waals surface area contributed by atoms with Crippen molar-refractivity contribution in [3.8, 4) is 0 Å². The third-order valence-corrected chi connectivity index (χ3v) is 6.85. The highest BCUT2D eigenvalue weighted by atomic mass is 32.2. The van der Waals surface area contributed by atoms with E-state index in [4.69, 9.17) is 0 Å². The zero-order valence-electron chi connectivity index (χ0n) is 14.6. The standard InChI is InChI=1S/C18H21F3N2O2S2/c19-18(20,21)15-6-3-5-14(11-15)13-27(24,25)22-12-16(17-7-4-10-26-17)23-8-1-2-9-23/h3-7,10-11,16,22H,1-2,8-9,12-13H2. The molecule has 0 amide bonds. The first kappa shape index (κ1) is 20.3. The number of nitrogens with zero attached hydrogens (tertiary/aromatic N) is 1. The Morgan fingerprint density at radius 2 is 1.89 bits per heavy atom. The molecule has 27 heavy (non-hydrogen) atoms. The highest BCUT2D eigenvalue weighted by Crippen LogP contribution is 2.30. The maximum Gasteiger partial charge on any atom is 0.416 e. The van der Waals surface area contributed by atoms with E-state index in [0.717, 1.165) is 42.9 Å². The summed E-state index contributed by atoms with van der Waals surface area (Å²) in [5.41, 5.74) is -0.727. The van der Waals surface area contributed by atoms with Crippen molar-refractivity contribution in [3.05, 3.63) is 57.8 Å². The molecule has 0 spiro atoms. The minimum Gasteiger partial charge on any atom is -0.294 e. The normalized spacial score (nSPS) is 17.3. The Kier molecular flexibility index (Phi) is 6.25. The zero-order valence-corrected chi connectivity index (χ0v) is 16.2. The van der Waals surface area contributed by atoms with Crippen molar-refractivity contribution in [2.24, 2.45) is 0 Å². The van der Waals surface area contributed by atoms with Crippen LogP contribution in [0.4, 0.5) is 13.2 Å². The fourth-order valence-electron chi connectivity index (χ4n) is 3.26. The first-order valence-corrected chi connectivity index (χ1v) is 11.2. The molecule has 1 aliphatic heterocycles. The van der Waals surface area contributed by atoms with E-state index >= 15 is 0 Å². The van der Waals surface area contributed by atoms with Gasteiger partial charge in [-0.1, -0.05) is 24.3 Å². The van der Waals surface area contributed by atoms with Gasteiger partial charge in [-0.15, -0.1) is 11.3 Å². The zero-order chi connectivity index (χ0) is 19.5. The van der Waals surface area contributed by atoms with E-state index in [1.165, 1.54) is 12.1 Å². The van der Waals surface area contributed by atoms with Gasteiger partial charge >= 0.3 is 6.18 Å². The molecule has 9 heteroatoms. The van der Waals surface area contributed by atoms with Crippen LogP contribution in [0.25, 0.3) is 0 Å². The third-order valence-electron chi connectivity index (χ3n) is 4.56. The summed E-state index contributed by atoms with van der Waals surface area (Å²) < 4.78 is 65.9. The summed E-state index contributed by atoms with van der Waals surface area (Å²) in [5, 5.41) is 1.95. The van der Waals surface area contributed by atoms with Crippen LogP contribution in [-0.2, 0) is 22.0 Å². The van der Waals surface area contributed by atoms with Gasteiger partial charge in [-0.2, -0.15) is 13.2 Å². The summed E-state index contributed by atoms with van der Waals surface area (Å²) in [7, 11) is -3.75. The maximum absolute atomic E-state index is 12.8. The van der Waals surface area contributed by atoms with Crippen LogP contribution in [0.2, 0.25) is 0 Å². The number of thiophene rings is 1. The lowest BCUT2D eigenvalue weighted by molar-refractivity contribution is -0.137. The van der Waals surface area contributed by atoms with E-state index in [-0.39, 0.29) is 18.2 Å². The van der Waals surface area contributed by atoms with Gasteiger partial charge in [0.25, 0.3) is 0 Å². The maximum atomic E-state index is 12.8. The molecular weight excluding hydrogens is 397 g/mol. The predicted octanol–water partition coefficient (Wildman–Crippen LogP) is 4.02. The SMILES string of the molecule is O=S(=O)(Cc1cccc(C(F)(F)F)c1)NCC(c1cccs1)N1CCCC1. The highest BCUT2D eigenvalue weighted by Gasteiger charge is 2.31. The predicted molar refractivity (Wildman–Crippen MR) is 99.9 cm³/mol. The van der Waals surface area contributed by atoms with Gasteiger partial charge < -0.3 is 0 Å². The third kappa shape index (κ3) is 5.54. The lowest BCUT2D eigenvalue weighted by atomic mass is 10.1. The molecule has 2 heterocycles. The molecule has 1 atom stereocenters. The fourth-order valence-corrected chi connectivity index (χ4v) is 5.25. The number of nitrogens with one attached hydrogen (secondary N) is 1. The van der Waals surface area contributed by atoms with Crippen LogP contribution >= 0.6 is 11.3 Å². The molecule has 2 aromatic rings. The first-order valence-electron chi connectivity index (χ1n) is 8.65. The van der Waals surface area contributed by atoms with Crippen LogP contribution in [-0.4, -0.2) is 33.0 Å². The number of benzene rings is 1. The molecule has 1 aromatic carbocycles. The molecule has 4 nitrogen and oxygen atoms in total. The molecule has 3 rings (SSSR count). The van der Waals surface area contributed by atoms with Crippen LogP contribution in [0.5, 0.6) is 0 Å². The van der Waals surface area contributed by atoms with Gasteiger partial charge in [0.1, 0.15) is 0 Å². The number of hydrogen-bond donors (Lipinski definition) is 1. The van der Waals surface area contributed by atoms with Gasteiger partial charge in [-0.3, -0.25) is 4.90 Å². The topological polar surface area (TPSA) is 49.4 Å². The molecule has 0 saturated carbocycles. The Labute approximate surface area is 161 Å². The van der Waals surface area contributed by atoms with Crippen molar-refractivity contribution >= 4 is 21.4 Å². The fraction of sp³-hybridized carbons (Fsp3) is 0.444.